The van der Waals surface area contributed by atoms with Crippen molar-refractivity contribution in [2.24, 2.45) is 0 Å². The number of nitrogens with one attached hydrogen (secondary N) is 1. The van der Waals surface area contributed by atoms with Gasteiger partial charge in [0.15, 0.2) is 5.82 Å². The van der Waals surface area contributed by atoms with Gasteiger partial charge in [0.2, 0.25) is 0 Å². The molecule has 2 aromatic carbocycles. The van der Waals surface area contributed by atoms with E-state index in [0.29, 0.717) is 19.6 Å². The first-order chi connectivity index (χ1) is 13.3. The summed E-state index contributed by atoms with van der Waals surface area (Å²) >= 11 is 0. The summed E-state index contributed by atoms with van der Waals surface area (Å²) in [6.45, 7) is 1.87. The minimum Gasteiger partial charge on any atom is -0.338 e. The highest BCUT2D eigenvalue weighted by Gasteiger charge is 2.22. The fraction of sp³-hybridized carbons (Fsp3) is 0.227. The number of hydrogen-bond donors (Lipinski definition) is 1. The average Bonchev–Trinajstić information content (AvgIpc) is 2.74. The zero-order valence-corrected chi connectivity index (χ0v) is 15.1. The van der Waals surface area contributed by atoms with Gasteiger partial charge in [-0.3, -0.25) is 0 Å². The third kappa shape index (κ3) is 4.14. The summed E-state index contributed by atoms with van der Waals surface area (Å²) in [6.07, 6.45) is 3.44. The lowest BCUT2D eigenvalue weighted by atomic mass is 10.1. The Bertz CT molecular complexity index is 912. The lowest BCUT2D eigenvalue weighted by Gasteiger charge is -2.28. The van der Waals surface area contributed by atoms with Gasteiger partial charge in [0, 0.05) is 36.8 Å². The molecular formula is C22H22N4O. The van der Waals surface area contributed by atoms with E-state index in [1.807, 2.05) is 59.6 Å². The van der Waals surface area contributed by atoms with Crippen LogP contribution in [0.25, 0.3) is 11.4 Å². The minimum absolute atomic E-state index is 0.0243. The quantitative estimate of drug-likeness (QED) is 0.777. The average molecular weight is 358 g/mol. The van der Waals surface area contributed by atoms with Crippen molar-refractivity contribution in [1.29, 1.82) is 0 Å². The molecule has 5 heteroatoms. The van der Waals surface area contributed by atoms with Crippen molar-refractivity contribution in [1.82, 2.24) is 20.2 Å². The number of nitrogens with zero attached hydrogens (tertiary/aromatic N) is 3. The highest BCUT2D eigenvalue weighted by Crippen LogP contribution is 2.20. The molecule has 0 unspecified atom stereocenters. The van der Waals surface area contributed by atoms with Gasteiger partial charge in [-0.25, -0.2) is 14.8 Å². The van der Waals surface area contributed by atoms with Crippen LogP contribution in [0.4, 0.5) is 4.79 Å². The summed E-state index contributed by atoms with van der Waals surface area (Å²) in [4.78, 5) is 23.5. The van der Waals surface area contributed by atoms with Crippen molar-refractivity contribution in [3.63, 3.8) is 0 Å². The molecule has 1 aromatic heterocycles. The molecule has 1 aliphatic heterocycles. The number of aromatic nitrogens is 2. The Kier molecular flexibility index (Phi) is 5.10. The van der Waals surface area contributed by atoms with Gasteiger partial charge in [0.05, 0.1) is 12.2 Å². The fourth-order valence-electron chi connectivity index (χ4n) is 3.29. The number of hydrogen-bond acceptors (Lipinski definition) is 3. The zero-order valence-electron chi connectivity index (χ0n) is 15.1. The van der Waals surface area contributed by atoms with Crippen molar-refractivity contribution in [3.05, 3.63) is 83.7 Å². The first kappa shape index (κ1) is 17.2. The van der Waals surface area contributed by atoms with Crippen LogP contribution in [0, 0.1) is 0 Å². The number of urea groups is 1. The van der Waals surface area contributed by atoms with Crippen LogP contribution < -0.4 is 5.32 Å². The van der Waals surface area contributed by atoms with Gasteiger partial charge >= 0.3 is 6.03 Å². The monoisotopic (exact) mass is 358 g/mol. The summed E-state index contributed by atoms with van der Waals surface area (Å²) in [5, 5.41) is 3.02. The minimum atomic E-state index is -0.0243. The molecule has 1 aliphatic rings. The van der Waals surface area contributed by atoms with Crippen molar-refractivity contribution < 1.29 is 4.79 Å². The molecule has 0 radical (unpaired) electrons. The molecule has 0 saturated heterocycles. The number of carbonyl (C=O) groups excluding carboxylic acids is 1. The van der Waals surface area contributed by atoms with E-state index in [-0.39, 0.29) is 6.03 Å². The molecule has 0 bridgehead atoms. The van der Waals surface area contributed by atoms with Gasteiger partial charge < -0.3 is 10.2 Å². The Morgan fingerprint density at radius 2 is 1.78 bits per heavy atom. The normalized spacial score (nSPS) is 13.1. The van der Waals surface area contributed by atoms with Gasteiger partial charge in [0.25, 0.3) is 0 Å². The van der Waals surface area contributed by atoms with E-state index >= 15 is 0 Å². The smallest absolute Gasteiger partial charge is 0.317 e. The van der Waals surface area contributed by atoms with Crippen LogP contribution in [0.2, 0.25) is 0 Å². The van der Waals surface area contributed by atoms with Gasteiger partial charge in [-0.15, -0.1) is 0 Å². The SMILES string of the molecule is O=C(NCCc1ccccc1)N1CCc2nc(-c3ccccc3)ncc2C1. The van der Waals surface area contributed by atoms with E-state index in [2.05, 4.69) is 22.4 Å². The predicted molar refractivity (Wildman–Crippen MR) is 105 cm³/mol. The number of carbonyl (C=O) groups is 1. The van der Waals surface area contributed by atoms with E-state index in [9.17, 15) is 4.79 Å². The third-order valence-corrected chi connectivity index (χ3v) is 4.79. The Morgan fingerprint density at radius 1 is 1.04 bits per heavy atom. The van der Waals surface area contributed by atoms with E-state index in [4.69, 9.17) is 4.98 Å². The Morgan fingerprint density at radius 3 is 2.56 bits per heavy atom. The topological polar surface area (TPSA) is 58.1 Å². The second kappa shape index (κ2) is 7.99. The van der Waals surface area contributed by atoms with Crippen LogP contribution in [0.1, 0.15) is 16.8 Å². The van der Waals surface area contributed by atoms with Gasteiger partial charge in [-0.05, 0) is 12.0 Å². The molecule has 0 aliphatic carbocycles. The van der Waals surface area contributed by atoms with Crippen LogP contribution in [0.3, 0.4) is 0 Å². The van der Waals surface area contributed by atoms with Crippen molar-refractivity contribution in [2.45, 2.75) is 19.4 Å². The zero-order chi connectivity index (χ0) is 18.5. The number of amides is 2. The van der Waals surface area contributed by atoms with Crippen LogP contribution in [0.15, 0.2) is 66.9 Å². The summed E-state index contributed by atoms with van der Waals surface area (Å²) < 4.78 is 0. The van der Waals surface area contributed by atoms with E-state index in [0.717, 1.165) is 35.5 Å². The maximum absolute atomic E-state index is 12.5. The Balaban J connectivity index is 1.36. The fourth-order valence-corrected chi connectivity index (χ4v) is 3.29. The third-order valence-electron chi connectivity index (χ3n) is 4.79. The number of benzene rings is 2. The van der Waals surface area contributed by atoms with Crippen LogP contribution in [0.5, 0.6) is 0 Å². The largest absolute Gasteiger partial charge is 0.338 e. The highest BCUT2D eigenvalue weighted by molar-refractivity contribution is 5.74. The predicted octanol–water partition coefficient (Wildman–Crippen LogP) is 3.45. The van der Waals surface area contributed by atoms with Crippen LogP contribution in [-0.4, -0.2) is 34.0 Å². The molecule has 0 atom stereocenters. The van der Waals surface area contributed by atoms with Gasteiger partial charge in [-0.2, -0.15) is 0 Å². The lowest BCUT2D eigenvalue weighted by Crippen LogP contribution is -2.43. The van der Waals surface area contributed by atoms with Crippen molar-refractivity contribution in [2.75, 3.05) is 13.1 Å². The maximum Gasteiger partial charge on any atom is 0.317 e. The van der Waals surface area contributed by atoms with Crippen molar-refractivity contribution in [3.8, 4) is 11.4 Å². The van der Waals surface area contributed by atoms with E-state index in [1.54, 1.807) is 0 Å². The second-order valence-electron chi connectivity index (χ2n) is 6.67. The number of rotatable bonds is 4. The molecule has 27 heavy (non-hydrogen) atoms. The van der Waals surface area contributed by atoms with E-state index in [1.165, 1.54) is 5.56 Å². The van der Waals surface area contributed by atoms with Crippen LogP contribution >= 0.6 is 0 Å². The molecule has 5 nitrogen and oxygen atoms in total. The summed E-state index contributed by atoms with van der Waals surface area (Å²) in [6, 6.07) is 20.1. The summed E-state index contributed by atoms with van der Waals surface area (Å²) in [5.74, 6) is 0.745. The molecule has 3 aromatic rings. The molecule has 0 saturated carbocycles. The highest BCUT2D eigenvalue weighted by atomic mass is 16.2. The summed E-state index contributed by atoms with van der Waals surface area (Å²) in [7, 11) is 0. The first-order valence-corrected chi connectivity index (χ1v) is 9.26. The molecule has 2 amide bonds. The molecule has 1 N–H and O–H groups in total. The lowest BCUT2D eigenvalue weighted by molar-refractivity contribution is 0.192. The molecule has 136 valence electrons. The van der Waals surface area contributed by atoms with Gasteiger partial charge in [0.1, 0.15) is 0 Å². The molecule has 0 spiro atoms. The second-order valence-corrected chi connectivity index (χ2v) is 6.67. The van der Waals surface area contributed by atoms with Crippen molar-refractivity contribution >= 4 is 6.03 Å². The first-order valence-electron chi connectivity index (χ1n) is 9.26. The Hall–Kier alpha value is -3.21. The van der Waals surface area contributed by atoms with E-state index < -0.39 is 0 Å². The standard InChI is InChI=1S/C22H22N4O/c27-22(23-13-11-17-7-3-1-4-8-17)26-14-12-20-19(16-26)15-24-21(25-20)18-9-5-2-6-10-18/h1-10,15H,11-14,16H2,(H,23,27). The molecule has 4 rings (SSSR count). The molecular weight excluding hydrogens is 336 g/mol. The maximum atomic E-state index is 12.5. The molecule has 0 fully saturated rings. The molecule has 2 heterocycles. The number of fused-ring (bicyclic) bond motifs is 1. The summed E-state index contributed by atoms with van der Waals surface area (Å²) in [5.41, 5.74) is 4.31. The Labute approximate surface area is 159 Å². The van der Waals surface area contributed by atoms with Crippen LogP contribution in [-0.2, 0) is 19.4 Å². The van der Waals surface area contributed by atoms with Gasteiger partial charge in [-0.1, -0.05) is 60.7 Å².